The van der Waals surface area contributed by atoms with E-state index in [0.29, 0.717) is 11.8 Å². The van der Waals surface area contributed by atoms with Crippen LogP contribution >= 0.6 is 0 Å². The van der Waals surface area contributed by atoms with Gasteiger partial charge in [0.05, 0.1) is 0 Å². The molecule has 0 aromatic heterocycles. The van der Waals surface area contributed by atoms with Gasteiger partial charge in [0, 0.05) is 5.70 Å². The van der Waals surface area contributed by atoms with Gasteiger partial charge in [-0.05, 0) is 49.8 Å². The maximum Gasteiger partial charge on any atom is 0.00518 e. The summed E-state index contributed by atoms with van der Waals surface area (Å²) < 4.78 is 0. The first-order valence-electron chi connectivity index (χ1n) is 6.08. The Hall–Kier alpha value is -0.980. The Balaban J connectivity index is 5.30. The molecule has 0 aromatic carbocycles. The van der Waals surface area contributed by atoms with Crippen molar-refractivity contribution in [2.75, 3.05) is 0 Å². The van der Waals surface area contributed by atoms with Crippen LogP contribution in [0.3, 0.4) is 0 Å². The first kappa shape index (κ1) is 15.0. The average molecular weight is 221 g/mol. The molecule has 0 spiro atoms. The lowest BCUT2D eigenvalue weighted by Gasteiger charge is -2.12. The summed E-state index contributed by atoms with van der Waals surface area (Å²) in [4.78, 5) is 0. The molecule has 0 atom stereocenters. The minimum Gasteiger partial charge on any atom is -0.402 e. The third-order valence-corrected chi connectivity index (χ3v) is 2.82. The monoisotopic (exact) mass is 221 g/mol. The normalized spacial score (nSPS) is 15.8. The molecule has 0 fully saturated rings. The van der Waals surface area contributed by atoms with Crippen LogP contribution in [0.5, 0.6) is 0 Å². The van der Waals surface area contributed by atoms with Crippen LogP contribution in [-0.4, -0.2) is 0 Å². The molecular formula is C15H27N. The quantitative estimate of drug-likeness (QED) is 0.699. The van der Waals surface area contributed by atoms with Crippen molar-refractivity contribution in [3.05, 3.63) is 34.6 Å². The number of rotatable bonds is 4. The molecule has 0 aromatic rings. The summed E-state index contributed by atoms with van der Waals surface area (Å²) in [6, 6.07) is 0. The highest BCUT2D eigenvalue weighted by Gasteiger charge is 2.05. The van der Waals surface area contributed by atoms with Crippen LogP contribution in [0.2, 0.25) is 0 Å². The molecule has 0 radical (unpaired) electrons. The van der Waals surface area contributed by atoms with E-state index in [-0.39, 0.29) is 0 Å². The van der Waals surface area contributed by atoms with Crippen LogP contribution in [0.15, 0.2) is 34.6 Å². The van der Waals surface area contributed by atoms with Gasteiger partial charge in [-0.15, -0.1) is 0 Å². The zero-order valence-electron chi connectivity index (χ0n) is 11.9. The highest BCUT2D eigenvalue weighted by molar-refractivity contribution is 5.36. The van der Waals surface area contributed by atoms with Crippen LogP contribution in [0.1, 0.15) is 48.5 Å². The molecule has 0 rings (SSSR count). The number of hydrogen-bond acceptors (Lipinski definition) is 1. The van der Waals surface area contributed by atoms with Gasteiger partial charge in [-0.2, -0.15) is 0 Å². The Morgan fingerprint density at radius 3 is 1.69 bits per heavy atom. The lowest BCUT2D eigenvalue weighted by molar-refractivity contribution is 0.761. The maximum atomic E-state index is 5.77. The number of nitrogens with two attached hydrogens (primary N) is 1. The molecule has 0 heterocycles. The van der Waals surface area contributed by atoms with Crippen molar-refractivity contribution in [2.45, 2.75) is 48.5 Å². The maximum absolute atomic E-state index is 5.77. The smallest absolute Gasteiger partial charge is 0.00518 e. The molecule has 0 aliphatic heterocycles. The second-order valence-corrected chi connectivity index (χ2v) is 5.22. The zero-order valence-corrected chi connectivity index (χ0v) is 11.9. The van der Waals surface area contributed by atoms with E-state index in [0.717, 1.165) is 5.70 Å². The Labute approximate surface area is 101 Å². The summed E-state index contributed by atoms with van der Waals surface area (Å²) >= 11 is 0. The lowest BCUT2D eigenvalue weighted by atomic mass is 9.94. The SMILES string of the molecule is C\C(N)=C/C(=C(C)/C=C(\C)C(C)C)C(C)C. The highest BCUT2D eigenvalue weighted by Crippen LogP contribution is 2.21. The molecule has 0 amide bonds. The highest BCUT2D eigenvalue weighted by atomic mass is 14.5. The summed E-state index contributed by atoms with van der Waals surface area (Å²) in [6.45, 7) is 15.1. The van der Waals surface area contributed by atoms with Crippen molar-refractivity contribution >= 4 is 0 Å². The van der Waals surface area contributed by atoms with Crippen LogP contribution < -0.4 is 5.73 Å². The second-order valence-electron chi connectivity index (χ2n) is 5.22. The van der Waals surface area contributed by atoms with Gasteiger partial charge in [0.15, 0.2) is 0 Å². The van der Waals surface area contributed by atoms with E-state index in [4.69, 9.17) is 5.73 Å². The summed E-state index contributed by atoms with van der Waals surface area (Å²) in [5.74, 6) is 1.11. The predicted octanol–water partition coefficient (Wildman–Crippen LogP) is 4.42. The zero-order chi connectivity index (χ0) is 12.9. The van der Waals surface area contributed by atoms with Crippen LogP contribution in [0.25, 0.3) is 0 Å². The Morgan fingerprint density at radius 2 is 1.38 bits per heavy atom. The van der Waals surface area contributed by atoms with Crippen LogP contribution in [0.4, 0.5) is 0 Å². The van der Waals surface area contributed by atoms with E-state index in [1.807, 2.05) is 6.92 Å². The lowest BCUT2D eigenvalue weighted by Crippen LogP contribution is -2.00. The fourth-order valence-electron chi connectivity index (χ4n) is 1.57. The average Bonchev–Trinajstić information content (AvgIpc) is 2.12. The number of allylic oxidation sites excluding steroid dienone is 6. The first-order valence-corrected chi connectivity index (χ1v) is 6.08. The Morgan fingerprint density at radius 1 is 0.875 bits per heavy atom. The third kappa shape index (κ3) is 5.20. The standard InChI is InChI=1S/C15H27N/c1-10(2)12(5)8-13(6)15(11(3)4)9-14(7)16/h8-11H,16H2,1-7H3/b12-8+,14-9+,15-13-. The number of hydrogen-bond donors (Lipinski definition) is 1. The summed E-state index contributed by atoms with van der Waals surface area (Å²) in [5, 5.41) is 0. The van der Waals surface area contributed by atoms with Gasteiger partial charge in [-0.3, -0.25) is 0 Å². The first-order chi connectivity index (χ1) is 7.25. The minimum absolute atomic E-state index is 0.509. The van der Waals surface area contributed by atoms with E-state index < -0.39 is 0 Å². The van der Waals surface area contributed by atoms with Gasteiger partial charge < -0.3 is 5.73 Å². The summed E-state index contributed by atoms with van der Waals surface area (Å²) in [5.41, 5.74) is 10.7. The van der Waals surface area contributed by atoms with E-state index in [9.17, 15) is 0 Å². The van der Waals surface area contributed by atoms with Crippen molar-refractivity contribution in [2.24, 2.45) is 17.6 Å². The van der Waals surface area contributed by atoms with Crippen molar-refractivity contribution in [3.63, 3.8) is 0 Å². The molecule has 0 saturated carbocycles. The molecular weight excluding hydrogens is 194 g/mol. The molecule has 0 saturated heterocycles. The molecule has 1 nitrogen and oxygen atoms in total. The molecule has 0 aliphatic carbocycles. The predicted molar refractivity (Wildman–Crippen MR) is 74.1 cm³/mol. The molecule has 1 heteroatoms. The van der Waals surface area contributed by atoms with E-state index in [2.05, 4.69) is 53.7 Å². The molecule has 16 heavy (non-hydrogen) atoms. The van der Waals surface area contributed by atoms with Crippen molar-refractivity contribution in [1.82, 2.24) is 0 Å². The van der Waals surface area contributed by atoms with Crippen molar-refractivity contribution in [1.29, 1.82) is 0 Å². The van der Waals surface area contributed by atoms with Gasteiger partial charge in [0.25, 0.3) is 0 Å². The molecule has 92 valence electrons. The third-order valence-electron chi connectivity index (χ3n) is 2.82. The minimum atomic E-state index is 0.509. The fourth-order valence-corrected chi connectivity index (χ4v) is 1.57. The van der Waals surface area contributed by atoms with Gasteiger partial charge >= 0.3 is 0 Å². The molecule has 0 unspecified atom stereocenters. The Kier molecular flexibility index (Phi) is 6.17. The van der Waals surface area contributed by atoms with Gasteiger partial charge in [0.2, 0.25) is 0 Å². The molecule has 0 bridgehead atoms. The van der Waals surface area contributed by atoms with Gasteiger partial charge in [-0.1, -0.05) is 39.3 Å². The largest absolute Gasteiger partial charge is 0.402 e. The van der Waals surface area contributed by atoms with Crippen LogP contribution in [0, 0.1) is 11.8 Å². The van der Waals surface area contributed by atoms with Gasteiger partial charge in [0.1, 0.15) is 0 Å². The van der Waals surface area contributed by atoms with E-state index in [1.165, 1.54) is 16.7 Å². The van der Waals surface area contributed by atoms with E-state index >= 15 is 0 Å². The summed E-state index contributed by atoms with van der Waals surface area (Å²) in [6.07, 6.45) is 4.36. The molecule has 0 aliphatic rings. The molecule has 2 N–H and O–H groups in total. The van der Waals surface area contributed by atoms with Crippen molar-refractivity contribution in [3.8, 4) is 0 Å². The topological polar surface area (TPSA) is 26.0 Å². The van der Waals surface area contributed by atoms with Crippen molar-refractivity contribution < 1.29 is 0 Å². The summed E-state index contributed by atoms with van der Waals surface area (Å²) in [7, 11) is 0. The van der Waals surface area contributed by atoms with E-state index in [1.54, 1.807) is 0 Å². The van der Waals surface area contributed by atoms with Crippen LogP contribution in [-0.2, 0) is 0 Å². The Bertz CT molecular complexity index is 310. The fraction of sp³-hybridized carbons (Fsp3) is 0.600. The van der Waals surface area contributed by atoms with Gasteiger partial charge in [-0.25, -0.2) is 0 Å². The second kappa shape index (κ2) is 6.57.